The minimum absolute atomic E-state index is 0.0384. The van der Waals surface area contributed by atoms with Crippen LogP contribution in [0.1, 0.15) is 73.8 Å². The van der Waals surface area contributed by atoms with Crippen LogP contribution in [0.3, 0.4) is 0 Å². The Morgan fingerprint density at radius 2 is 1.42 bits per heavy atom. The number of Topliss-reactive ketones (excluding diaryl/α,β-unsaturated/α-hetero) is 1. The highest BCUT2D eigenvalue weighted by molar-refractivity contribution is 6.00. The van der Waals surface area contributed by atoms with Gasteiger partial charge in [-0.2, -0.15) is 0 Å². The summed E-state index contributed by atoms with van der Waals surface area (Å²) in [6.45, 7) is 13.2. The largest absolute Gasteiger partial charge is 0.481 e. The molecule has 0 radical (unpaired) electrons. The van der Waals surface area contributed by atoms with E-state index in [-0.39, 0.29) is 18.9 Å². The van der Waals surface area contributed by atoms with Crippen LogP contribution in [0.4, 0.5) is 4.79 Å². The third kappa shape index (κ3) is 12.2. The molecule has 0 heterocycles. The van der Waals surface area contributed by atoms with Crippen LogP contribution in [-0.2, 0) is 40.0 Å². The average Bonchev–Trinajstić information content (AvgIpc) is 2.74. The first-order chi connectivity index (χ1) is 17.4. The van der Waals surface area contributed by atoms with Gasteiger partial charge in [0.2, 0.25) is 0 Å². The number of aliphatic carboxylic acids is 1. The number of amides is 1. The van der Waals surface area contributed by atoms with Crippen LogP contribution in [0.15, 0.2) is 30.3 Å². The molecule has 0 aliphatic carbocycles. The second kappa shape index (κ2) is 13.9. The minimum Gasteiger partial charge on any atom is -0.481 e. The number of esters is 2. The average molecular weight is 536 g/mol. The number of nitrogens with one attached hydrogen (secondary N) is 1. The van der Waals surface area contributed by atoms with Crippen molar-refractivity contribution in [3.8, 4) is 0 Å². The first kappa shape index (κ1) is 32.6. The summed E-state index contributed by atoms with van der Waals surface area (Å²) < 4.78 is 15.8. The smallest absolute Gasteiger partial charge is 0.408 e. The number of hydrogen-bond donors (Lipinski definition) is 2. The van der Waals surface area contributed by atoms with Gasteiger partial charge in [-0.1, -0.05) is 44.2 Å². The van der Waals surface area contributed by atoms with E-state index in [0.29, 0.717) is 5.56 Å². The molecule has 212 valence electrons. The standard InChI is InChI=1S/C28H41NO9/c1-17(2)14-20(29-26(35)38-28(6,7)8)21(30)15-19(22(23(31)32)25(34)37-27(3,4)5)24(33)36-16-18-12-10-9-11-13-18/h9-13,17,19-20,22H,14-16H2,1-8H3,(H,29,35)(H,31,32)/t19-,20-,22?/m0/s1. The topological polar surface area (TPSA) is 145 Å². The Balaban J connectivity index is 3.29. The van der Waals surface area contributed by atoms with E-state index in [4.69, 9.17) is 14.2 Å². The molecule has 0 fully saturated rings. The highest BCUT2D eigenvalue weighted by Gasteiger charge is 2.45. The summed E-state index contributed by atoms with van der Waals surface area (Å²) in [5, 5.41) is 12.4. The maximum absolute atomic E-state index is 13.4. The predicted molar refractivity (Wildman–Crippen MR) is 139 cm³/mol. The number of rotatable bonds is 12. The number of hydrogen-bond acceptors (Lipinski definition) is 8. The molecule has 2 N–H and O–H groups in total. The van der Waals surface area contributed by atoms with Gasteiger partial charge in [0.05, 0.1) is 12.0 Å². The number of benzene rings is 1. The lowest BCUT2D eigenvalue weighted by atomic mass is 9.85. The van der Waals surface area contributed by atoms with Crippen molar-refractivity contribution in [1.82, 2.24) is 5.32 Å². The van der Waals surface area contributed by atoms with Crippen molar-refractivity contribution >= 4 is 29.8 Å². The molecule has 0 saturated heterocycles. The van der Waals surface area contributed by atoms with Gasteiger partial charge < -0.3 is 24.6 Å². The molecule has 3 atom stereocenters. The Bertz CT molecular complexity index is 974. The number of carboxylic acid groups (broad SMARTS) is 1. The second-order valence-electron chi connectivity index (χ2n) is 11.5. The van der Waals surface area contributed by atoms with Crippen molar-refractivity contribution in [2.45, 2.75) is 92.1 Å². The molecule has 1 rings (SSSR count). The third-order valence-electron chi connectivity index (χ3n) is 5.06. The fraction of sp³-hybridized carbons (Fsp3) is 0.607. The van der Waals surface area contributed by atoms with Crippen LogP contribution >= 0.6 is 0 Å². The third-order valence-corrected chi connectivity index (χ3v) is 5.06. The monoisotopic (exact) mass is 535 g/mol. The van der Waals surface area contributed by atoms with E-state index in [1.54, 1.807) is 71.9 Å². The van der Waals surface area contributed by atoms with E-state index in [9.17, 15) is 29.1 Å². The molecule has 0 aliphatic heterocycles. The van der Waals surface area contributed by atoms with Gasteiger partial charge in [0.1, 0.15) is 17.8 Å². The summed E-state index contributed by atoms with van der Waals surface area (Å²) in [5.74, 6) is -8.20. The normalized spacial score (nSPS) is 14.1. The first-order valence-corrected chi connectivity index (χ1v) is 12.6. The lowest BCUT2D eigenvalue weighted by molar-refractivity contribution is -0.176. The summed E-state index contributed by atoms with van der Waals surface area (Å²) >= 11 is 0. The number of ether oxygens (including phenoxy) is 3. The van der Waals surface area contributed by atoms with Gasteiger partial charge in [-0.25, -0.2) is 4.79 Å². The maximum Gasteiger partial charge on any atom is 0.408 e. The zero-order valence-corrected chi connectivity index (χ0v) is 23.5. The molecule has 38 heavy (non-hydrogen) atoms. The van der Waals surface area contributed by atoms with Crippen molar-refractivity contribution in [3.05, 3.63) is 35.9 Å². The summed E-state index contributed by atoms with van der Waals surface area (Å²) in [4.78, 5) is 64.0. The van der Waals surface area contributed by atoms with E-state index in [1.807, 2.05) is 13.8 Å². The number of ketones is 1. The van der Waals surface area contributed by atoms with Crippen molar-refractivity contribution < 1.29 is 43.3 Å². The molecule has 10 nitrogen and oxygen atoms in total. The van der Waals surface area contributed by atoms with Crippen LogP contribution in [0.25, 0.3) is 0 Å². The van der Waals surface area contributed by atoms with E-state index >= 15 is 0 Å². The van der Waals surface area contributed by atoms with Gasteiger partial charge in [-0.05, 0) is 59.4 Å². The van der Waals surface area contributed by atoms with Gasteiger partial charge in [0.15, 0.2) is 11.7 Å². The number of carbonyl (C=O) groups is 5. The molecule has 0 aromatic heterocycles. The number of alkyl carbamates (subject to hydrolysis) is 1. The van der Waals surface area contributed by atoms with Crippen molar-refractivity contribution in [1.29, 1.82) is 0 Å². The zero-order valence-electron chi connectivity index (χ0n) is 23.5. The number of carboxylic acids is 1. The molecule has 0 saturated carbocycles. The lowest BCUT2D eigenvalue weighted by Gasteiger charge is -2.27. The molecule has 1 unspecified atom stereocenters. The quantitative estimate of drug-likeness (QED) is 0.227. The molecule has 10 heteroatoms. The van der Waals surface area contributed by atoms with Crippen LogP contribution in [0, 0.1) is 17.8 Å². The van der Waals surface area contributed by atoms with Crippen LogP contribution < -0.4 is 5.32 Å². The summed E-state index contributed by atoms with van der Waals surface area (Å²) in [7, 11) is 0. The van der Waals surface area contributed by atoms with Gasteiger partial charge in [0.25, 0.3) is 0 Å². The van der Waals surface area contributed by atoms with E-state index in [2.05, 4.69) is 5.32 Å². The molecule has 0 spiro atoms. The molecular formula is C28H41NO9. The Labute approximate surface area is 224 Å². The fourth-order valence-corrected chi connectivity index (χ4v) is 3.53. The van der Waals surface area contributed by atoms with Crippen LogP contribution in [-0.4, -0.2) is 52.1 Å². The van der Waals surface area contributed by atoms with Gasteiger partial charge in [-0.15, -0.1) is 0 Å². The molecule has 0 aliphatic rings. The van der Waals surface area contributed by atoms with E-state index in [0.717, 1.165) is 0 Å². The lowest BCUT2D eigenvalue weighted by Crippen LogP contribution is -2.47. The van der Waals surface area contributed by atoms with Crippen LogP contribution in [0.5, 0.6) is 0 Å². The molecule has 1 aromatic carbocycles. The molecular weight excluding hydrogens is 494 g/mol. The fourth-order valence-electron chi connectivity index (χ4n) is 3.53. The zero-order chi connectivity index (χ0) is 29.3. The van der Waals surface area contributed by atoms with Crippen molar-refractivity contribution in [3.63, 3.8) is 0 Å². The maximum atomic E-state index is 13.4. The van der Waals surface area contributed by atoms with Crippen molar-refractivity contribution in [2.75, 3.05) is 0 Å². The summed E-state index contributed by atoms with van der Waals surface area (Å²) in [6, 6.07) is 7.59. The highest BCUT2D eigenvalue weighted by atomic mass is 16.6. The van der Waals surface area contributed by atoms with E-state index < -0.39 is 65.3 Å². The highest BCUT2D eigenvalue weighted by Crippen LogP contribution is 2.25. The van der Waals surface area contributed by atoms with Gasteiger partial charge in [-0.3, -0.25) is 19.2 Å². The molecule has 1 amide bonds. The van der Waals surface area contributed by atoms with Crippen LogP contribution in [0.2, 0.25) is 0 Å². The van der Waals surface area contributed by atoms with Gasteiger partial charge in [0, 0.05) is 6.42 Å². The first-order valence-electron chi connectivity index (χ1n) is 12.6. The Morgan fingerprint density at radius 1 is 0.868 bits per heavy atom. The van der Waals surface area contributed by atoms with Crippen molar-refractivity contribution in [2.24, 2.45) is 17.8 Å². The summed E-state index contributed by atoms with van der Waals surface area (Å²) in [6.07, 6.45) is -1.30. The minimum atomic E-state index is -2.00. The second-order valence-corrected chi connectivity index (χ2v) is 11.5. The van der Waals surface area contributed by atoms with E-state index in [1.165, 1.54) is 0 Å². The summed E-state index contributed by atoms with van der Waals surface area (Å²) in [5.41, 5.74) is -1.21. The number of carbonyl (C=O) groups excluding carboxylic acids is 4. The SMILES string of the molecule is CC(C)C[C@H](NC(=O)OC(C)(C)C)C(=O)C[C@H](C(=O)OCc1ccccc1)C(C(=O)O)C(=O)OC(C)(C)C. The van der Waals surface area contributed by atoms with Gasteiger partial charge >= 0.3 is 24.0 Å². The molecule has 1 aromatic rings. The predicted octanol–water partition coefficient (Wildman–Crippen LogP) is 4.29. The molecule has 0 bridgehead atoms. The Kier molecular flexibility index (Phi) is 11.9. The Morgan fingerprint density at radius 3 is 1.89 bits per heavy atom. The Hall–Kier alpha value is -3.43.